The number of carbonyl (C=O) groups is 2. The SMILES string of the molecule is CCCCCCCCCCCCN1C(=O)CC(CSc2nc3ccccc3s2)C1=O. The van der Waals surface area contributed by atoms with Gasteiger partial charge in [0.25, 0.3) is 0 Å². The van der Waals surface area contributed by atoms with E-state index in [9.17, 15) is 9.59 Å². The minimum atomic E-state index is -0.197. The molecule has 2 aromatic rings. The van der Waals surface area contributed by atoms with Crippen molar-refractivity contribution in [3.8, 4) is 0 Å². The monoisotopic (exact) mass is 446 g/mol. The van der Waals surface area contributed by atoms with Gasteiger partial charge < -0.3 is 0 Å². The summed E-state index contributed by atoms with van der Waals surface area (Å²) in [6.07, 6.45) is 12.9. The average molecular weight is 447 g/mol. The number of para-hydroxylation sites is 1. The molecule has 0 radical (unpaired) electrons. The number of unbranched alkanes of at least 4 members (excludes halogenated alkanes) is 9. The lowest BCUT2D eigenvalue weighted by molar-refractivity contribution is -0.139. The maximum absolute atomic E-state index is 12.7. The number of thioether (sulfide) groups is 1. The summed E-state index contributed by atoms with van der Waals surface area (Å²) in [5.74, 6) is 0.465. The predicted molar refractivity (Wildman–Crippen MR) is 127 cm³/mol. The van der Waals surface area contributed by atoms with Crippen molar-refractivity contribution in [1.29, 1.82) is 0 Å². The molecule has 0 spiro atoms. The first kappa shape index (κ1) is 23.3. The summed E-state index contributed by atoms with van der Waals surface area (Å²) in [5.41, 5.74) is 1.00. The molecule has 1 saturated heterocycles. The molecule has 2 amide bonds. The first-order valence-corrected chi connectivity index (χ1v) is 13.3. The van der Waals surface area contributed by atoms with Crippen molar-refractivity contribution in [3.05, 3.63) is 24.3 Å². The Morgan fingerprint density at radius 2 is 1.67 bits per heavy atom. The van der Waals surface area contributed by atoms with Crippen LogP contribution in [0.3, 0.4) is 0 Å². The van der Waals surface area contributed by atoms with Crippen LogP contribution in [0, 0.1) is 5.92 Å². The van der Waals surface area contributed by atoms with E-state index in [1.54, 1.807) is 23.1 Å². The van der Waals surface area contributed by atoms with Crippen LogP contribution >= 0.6 is 23.1 Å². The quantitative estimate of drug-likeness (QED) is 0.184. The second-order valence-electron chi connectivity index (χ2n) is 8.23. The molecule has 1 aliphatic rings. The Morgan fingerprint density at radius 1 is 1.00 bits per heavy atom. The maximum Gasteiger partial charge on any atom is 0.233 e. The molecular weight excluding hydrogens is 412 g/mol. The van der Waals surface area contributed by atoms with Crippen LogP contribution in [0.5, 0.6) is 0 Å². The molecule has 0 N–H and O–H groups in total. The first-order valence-electron chi connectivity index (χ1n) is 11.5. The lowest BCUT2D eigenvalue weighted by Gasteiger charge is -2.14. The highest BCUT2D eigenvalue weighted by molar-refractivity contribution is 8.01. The zero-order valence-electron chi connectivity index (χ0n) is 18.1. The topological polar surface area (TPSA) is 50.3 Å². The van der Waals surface area contributed by atoms with Crippen molar-refractivity contribution in [2.45, 2.75) is 81.9 Å². The Bertz CT molecular complexity index is 787. The van der Waals surface area contributed by atoms with Gasteiger partial charge in [0.05, 0.1) is 16.1 Å². The van der Waals surface area contributed by atoms with Gasteiger partial charge in [0.15, 0.2) is 4.34 Å². The number of rotatable bonds is 14. The molecule has 164 valence electrons. The van der Waals surface area contributed by atoms with Crippen LogP contribution in [-0.4, -0.2) is 34.0 Å². The fourth-order valence-corrected chi connectivity index (χ4v) is 6.13. The fourth-order valence-electron chi connectivity index (χ4n) is 3.96. The molecular formula is C24H34N2O2S2. The van der Waals surface area contributed by atoms with Crippen LogP contribution in [0.25, 0.3) is 10.2 Å². The summed E-state index contributed by atoms with van der Waals surface area (Å²) in [4.78, 5) is 31.1. The maximum atomic E-state index is 12.7. The van der Waals surface area contributed by atoms with E-state index in [1.807, 2.05) is 18.2 Å². The lowest BCUT2D eigenvalue weighted by Crippen LogP contribution is -2.32. The van der Waals surface area contributed by atoms with Crippen molar-refractivity contribution in [3.63, 3.8) is 0 Å². The number of benzene rings is 1. The van der Waals surface area contributed by atoms with E-state index in [1.165, 1.54) is 56.3 Å². The average Bonchev–Trinajstić information content (AvgIpc) is 3.28. The van der Waals surface area contributed by atoms with E-state index in [4.69, 9.17) is 0 Å². The molecule has 1 unspecified atom stereocenters. The van der Waals surface area contributed by atoms with Gasteiger partial charge >= 0.3 is 0 Å². The molecule has 1 aromatic carbocycles. The molecule has 1 aromatic heterocycles. The molecule has 2 heterocycles. The predicted octanol–water partition coefficient (Wildman–Crippen LogP) is 6.68. The Labute approximate surface area is 188 Å². The molecule has 0 bridgehead atoms. The molecule has 3 rings (SSSR count). The lowest BCUT2D eigenvalue weighted by atomic mass is 10.1. The van der Waals surface area contributed by atoms with Crippen LogP contribution in [0.4, 0.5) is 0 Å². The van der Waals surface area contributed by atoms with Crippen molar-refractivity contribution < 1.29 is 9.59 Å². The third-order valence-electron chi connectivity index (χ3n) is 5.75. The number of likely N-dealkylation sites (tertiary alicyclic amines) is 1. The van der Waals surface area contributed by atoms with E-state index in [0.717, 1.165) is 27.4 Å². The number of fused-ring (bicyclic) bond motifs is 1. The van der Waals surface area contributed by atoms with E-state index in [0.29, 0.717) is 18.7 Å². The van der Waals surface area contributed by atoms with E-state index < -0.39 is 0 Å². The Balaban J connectivity index is 1.31. The van der Waals surface area contributed by atoms with Crippen molar-refractivity contribution >= 4 is 45.1 Å². The Kier molecular flexibility index (Phi) is 9.66. The second kappa shape index (κ2) is 12.5. The Morgan fingerprint density at radius 3 is 2.37 bits per heavy atom. The highest BCUT2D eigenvalue weighted by Gasteiger charge is 2.38. The minimum absolute atomic E-state index is 0.00539. The number of hydrogen-bond acceptors (Lipinski definition) is 5. The van der Waals surface area contributed by atoms with Crippen LogP contribution < -0.4 is 0 Å². The summed E-state index contributed by atoms with van der Waals surface area (Å²) >= 11 is 3.26. The zero-order valence-corrected chi connectivity index (χ0v) is 19.7. The molecule has 4 nitrogen and oxygen atoms in total. The smallest absolute Gasteiger partial charge is 0.233 e. The normalized spacial score (nSPS) is 16.8. The van der Waals surface area contributed by atoms with Crippen molar-refractivity contribution in [1.82, 2.24) is 9.88 Å². The van der Waals surface area contributed by atoms with Crippen LogP contribution in [0.1, 0.15) is 77.6 Å². The largest absolute Gasteiger partial charge is 0.282 e. The molecule has 1 fully saturated rings. The molecule has 30 heavy (non-hydrogen) atoms. The van der Waals surface area contributed by atoms with Gasteiger partial charge in [0, 0.05) is 18.7 Å². The van der Waals surface area contributed by atoms with E-state index >= 15 is 0 Å². The standard InChI is InChI=1S/C24H34N2O2S2/c1-2-3-4-5-6-7-8-9-10-13-16-26-22(27)17-19(23(26)28)18-29-24-25-20-14-11-12-15-21(20)30-24/h11-12,14-15,19H,2-10,13,16-18H2,1H3. The van der Waals surface area contributed by atoms with Crippen molar-refractivity contribution in [2.75, 3.05) is 12.3 Å². The summed E-state index contributed by atoms with van der Waals surface area (Å²) in [5, 5.41) is 0. The number of imide groups is 1. The summed E-state index contributed by atoms with van der Waals surface area (Å²) in [7, 11) is 0. The van der Waals surface area contributed by atoms with Gasteiger partial charge in [-0.1, -0.05) is 88.6 Å². The number of amides is 2. The van der Waals surface area contributed by atoms with Crippen LogP contribution in [0.2, 0.25) is 0 Å². The minimum Gasteiger partial charge on any atom is -0.282 e. The number of hydrogen-bond donors (Lipinski definition) is 0. The number of nitrogens with zero attached hydrogens (tertiary/aromatic N) is 2. The van der Waals surface area contributed by atoms with Gasteiger partial charge in [0.1, 0.15) is 0 Å². The van der Waals surface area contributed by atoms with Gasteiger partial charge in [0.2, 0.25) is 11.8 Å². The van der Waals surface area contributed by atoms with Gasteiger partial charge in [-0.05, 0) is 18.6 Å². The third-order valence-corrected chi connectivity index (χ3v) is 8.10. The van der Waals surface area contributed by atoms with Gasteiger partial charge in [-0.25, -0.2) is 4.98 Å². The molecule has 6 heteroatoms. The van der Waals surface area contributed by atoms with Gasteiger partial charge in [-0.3, -0.25) is 14.5 Å². The summed E-state index contributed by atoms with van der Waals surface area (Å²) in [6.45, 7) is 2.84. The number of aromatic nitrogens is 1. The highest BCUT2D eigenvalue weighted by atomic mass is 32.2. The van der Waals surface area contributed by atoms with Crippen LogP contribution in [-0.2, 0) is 9.59 Å². The second-order valence-corrected chi connectivity index (χ2v) is 10.5. The third kappa shape index (κ3) is 6.81. The molecule has 1 atom stereocenters. The summed E-state index contributed by atoms with van der Waals surface area (Å²) < 4.78 is 2.14. The zero-order chi connectivity index (χ0) is 21.2. The van der Waals surface area contributed by atoms with Gasteiger partial charge in [-0.2, -0.15) is 0 Å². The fraction of sp³-hybridized carbons (Fsp3) is 0.625. The molecule has 0 saturated carbocycles. The highest BCUT2D eigenvalue weighted by Crippen LogP contribution is 2.33. The number of carbonyl (C=O) groups excluding carboxylic acids is 2. The Hall–Kier alpha value is -1.40. The summed E-state index contributed by atoms with van der Waals surface area (Å²) in [6, 6.07) is 8.07. The molecule has 1 aliphatic heterocycles. The number of thiazole rings is 1. The molecule has 0 aliphatic carbocycles. The van der Waals surface area contributed by atoms with Gasteiger partial charge in [-0.15, -0.1) is 11.3 Å². The van der Waals surface area contributed by atoms with E-state index in [2.05, 4.69) is 18.0 Å². The first-order chi connectivity index (χ1) is 14.7. The van der Waals surface area contributed by atoms with Crippen LogP contribution in [0.15, 0.2) is 28.6 Å². The van der Waals surface area contributed by atoms with Crippen molar-refractivity contribution in [2.24, 2.45) is 5.92 Å². The van der Waals surface area contributed by atoms with E-state index in [-0.39, 0.29) is 17.7 Å².